The van der Waals surface area contributed by atoms with Gasteiger partial charge in [-0.05, 0) is 28.1 Å². The first kappa shape index (κ1) is 6.31. The second-order valence-electron chi connectivity index (χ2n) is 1.48. The lowest BCUT2D eigenvalue weighted by Crippen LogP contribution is -1.82. The van der Waals surface area contributed by atoms with Crippen molar-refractivity contribution in [3.05, 3.63) is 33.7 Å². The van der Waals surface area contributed by atoms with Gasteiger partial charge < -0.3 is 0 Å². The largest absolute Gasteiger partial charge is 0.297 e. The van der Waals surface area contributed by atoms with Gasteiger partial charge in [0.2, 0.25) is 0 Å². The molecule has 0 N–H and O–H groups in total. The number of hydrogen-bond acceptors (Lipinski definition) is 1. The molecule has 0 aromatic carbocycles. The van der Waals surface area contributed by atoms with E-state index in [0.717, 1.165) is 10.8 Å². The summed E-state index contributed by atoms with van der Waals surface area (Å²) in [6, 6.07) is 0. The molecule has 0 aromatic heterocycles. The van der Waals surface area contributed by atoms with Gasteiger partial charge in [-0.15, -0.1) is 0 Å². The van der Waals surface area contributed by atoms with Crippen LogP contribution in [-0.2, 0) is 4.79 Å². The van der Waals surface area contributed by atoms with Gasteiger partial charge in [-0.25, -0.2) is 0 Å². The van der Waals surface area contributed by atoms with Gasteiger partial charge in [0.15, 0.2) is 6.29 Å². The summed E-state index contributed by atoms with van der Waals surface area (Å²) in [6.07, 6.45) is 4.18. The van der Waals surface area contributed by atoms with Gasteiger partial charge in [0.05, 0.1) is 5.57 Å². The maximum atomic E-state index is 10.1. The third kappa shape index (κ3) is 1.30. The average molecular weight is 183 g/mol. The number of carbonyl (C=O) groups is 1. The molecule has 2 heteroatoms. The Morgan fingerprint density at radius 1 is 1.67 bits per heavy atom. The van der Waals surface area contributed by atoms with Crippen LogP contribution >= 0.6 is 15.9 Å². The molecule has 0 unspecified atom stereocenters. The van der Waals surface area contributed by atoms with Crippen LogP contribution in [0.15, 0.2) is 33.7 Å². The summed E-state index contributed by atoms with van der Waals surface area (Å²) >= 11 is 3.17. The van der Waals surface area contributed by atoms with Crippen LogP contribution in [0.5, 0.6) is 0 Å². The summed E-state index contributed by atoms with van der Waals surface area (Å²) in [7, 11) is 0. The molecule has 1 rings (SSSR count). The first-order valence-electron chi connectivity index (χ1n) is 2.37. The van der Waals surface area contributed by atoms with Gasteiger partial charge in [0.25, 0.3) is 0 Å². The molecule has 0 heterocycles. The SMILES string of the molecule is O=CC1=C=C=CC=C1Br. The lowest BCUT2D eigenvalue weighted by Gasteiger charge is -1.91. The second-order valence-corrected chi connectivity index (χ2v) is 2.34. The highest BCUT2D eigenvalue weighted by molar-refractivity contribution is 9.12. The lowest BCUT2D eigenvalue weighted by molar-refractivity contribution is -0.104. The van der Waals surface area contributed by atoms with E-state index in [1.165, 1.54) is 0 Å². The van der Waals surface area contributed by atoms with Crippen molar-refractivity contribution in [1.82, 2.24) is 0 Å². The van der Waals surface area contributed by atoms with Crippen LogP contribution in [0, 0.1) is 0 Å². The molecule has 0 saturated heterocycles. The van der Waals surface area contributed by atoms with Crippen LogP contribution in [0.1, 0.15) is 0 Å². The third-order valence-electron chi connectivity index (χ3n) is 0.895. The molecule has 0 aromatic rings. The maximum absolute atomic E-state index is 10.1. The van der Waals surface area contributed by atoms with E-state index in [1.54, 1.807) is 12.2 Å². The lowest BCUT2D eigenvalue weighted by atomic mass is 10.2. The first-order chi connectivity index (χ1) is 4.34. The van der Waals surface area contributed by atoms with Crippen molar-refractivity contribution in [3.63, 3.8) is 0 Å². The van der Waals surface area contributed by atoms with Crippen LogP contribution in [-0.4, -0.2) is 6.29 Å². The molecule has 1 aliphatic rings. The highest BCUT2D eigenvalue weighted by Gasteiger charge is 1.97. The minimum Gasteiger partial charge on any atom is -0.297 e. The van der Waals surface area contributed by atoms with Crippen LogP contribution in [0.25, 0.3) is 0 Å². The van der Waals surface area contributed by atoms with E-state index in [1.807, 2.05) is 0 Å². The van der Waals surface area contributed by atoms with E-state index in [-0.39, 0.29) is 0 Å². The molecule has 0 radical (unpaired) electrons. The van der Waals surface area contributed by atoms with Gasteiger partial charge in [-0.1, -0.05) is 11.5 Å². The van der Waals surface area contributed by atoms with Crippen LogP contribution < -0.4 is 0 Å². The Balaban J connectivity index is 3.16. The standard InChI is InChI=1S/C7H3BrO/c8-7-4-2-1-3-6(7)5-9/h2,4-5H. The molecule has 0 spiro atoms. The number of halogens is 1. The summed E-state index contributed by atoms with van der Waals surface area (Å²) < 4.78 is 0.760. The molecule has 0 fully saturated rings. The van der Waals surface area contributed by atoms with Crippen molar-refractivity contribution in [2.24, 2.45) is 0 Å². The van der Waals surface area contributed by atoms with Crippen molar-refractivity contribution in [3.8, 4) is 0 Å². The summed E-state index contributed by atoms with van der Waals surface area (Å²) in [5, 5.41) is 0. The van der Waals surface area contributed by atoms with Crippen LogP contribution in [0.4, 0.5) is 0 Å². The Bertz CT molecular complexity index is 261. The zero-order valence-corrected chi connectivity index (χ0v) is 6.10. The highest BCUT2D eigenvalue weighted by Crippen LogP contribution is 2.15. The second kappa shape index (κ2) is 2.65. The van der Waals surface area contributed by atoms with Gasteiger partial charge >= 0.3 is 0 Å². The molecular weight excluding hydrogens is 180 g/mol. The van der Waals surface area contributed by atoms with Gasteiger partial charge in [-0.3, -0.25) is 4.79 Å². The summed E-state index contributed by atoms with van der Waals surface area (Å²) in [5.41, 5.74) is 5.82. The zero-order valence-electron chi connectivity index (χ0n) is 4.52. The molecule has 1 aliphatic carbocycles. The Labute approximate surface area is 61.2 Å². The zero-order chi connectivity index (χ0) is 6.69. The topological polar surface area (TPSA) is 17.1 Å². The first-order valence-corrected chi connectivity index (χ1v) is 3.17. The fraction of sp³-hybridized carbons (Fsp3) is 0. The predicted octanol–water partition coefficient (Wildman–Crippen LogP) is 1.71. The Morgan fingerprint density at radius 2 is 2.44 bits per heavy atom. The minimum absolute atomic E-state index is 0.512. The van der Waals surface area contributed by atoms with Crippen molar-refractivity contribution in [2.75, 3.05) is 0 Å². The van der Waals surface area contributed by atoms with Crippen molar-refractivity contribution < 1.29 is 4.79 Å². The van der Waals surface area contributed by atoms with Crippen LogP contribution in [0.3, 0.4) is 0 Å². The number of aldehydes is 1. The quantitative estimate of drug-likeness (QED) is 0.446. The van der Waals surface area contributed by atoms with Crippen molar-refractivity contribution in [1.29, 1.82) is 0 Å². The molecule has 0 bridgehead atoms. The summed E-state index contributed by atoms with van der Waals surface area (Å²) in [4.78, 5) is 10.1. The summed E-state index contributed by atoms with van der Waals surface area (Å²) in [6.45, 7) is 0. The normalized spacial score (nSPS) is 14.8. The van der Waals surface area contributed by atoms with Gasteiger partial charge in [0, 0.05) is 4.48 Å². The molecule has 0 atom stereocenters. The Kier molecular flexibility index (Phi) is 1.86. The number of allylic oxidation sites excluding steroid dienone is 4. The third-order valence-corrected chi connectivity index (χ3v) is 1.59. The number of carbonyl (C=O) groups excluding carboxylic acids is 1. The highest BCUT2D eigenvalue weighted by atomic mass is 79.9. The van der Waals surface area contributed by atoms with Crippen molar-refractivity contribution in [2.45, 2.75) is 0 Å². The Hall–Kier alpha value is -0.810. The van der Waals surface area contributed by atoms with E-state index in [4.69, 9.17) is 0 Å². The molecule has 0 aliphatic heterocycles. The molecule has 44 valence electrons. The average Bonchev–Trinajstić information content (AvgIpc) is 1.89. The van der Waals surface area contributed by atoms with Crippen molar-refractivity contribution >= 4 is 22.2 Å². The van der Waals surface area contributed by atoms with Gasteiger partial charge in [0.1, 0.15) is 0 Å². The Morgan fingerprint density at radius 3 is 2.89 bits per heavy atom. The van der Waals surface area contributed by atoms with Crippen LogP contribution in [0.2, 0.25) is 0 Å². The maximum Gasteiger partial charge on any atom is 0.159 e. The predicted molar refractivity (Wildman–Crippen MR) is 38.2 cm³/mol. The molecule has 0 saturated carbocycles. The fourth-order valence-electron chi connectivity index (χ4n) is 0.469. The van der Waals surface area contributed by atoms with Gasteiger partial charge in [-0.2, -0.15) is 0 Å². The van der Waals surface area contributed by atoms with E-state index in [2.05, 4.69) is 27.4 Å². The molecular formula is C7H3BrO. The van der Waals surface area contributed by atoms with E-state index >= 15 is 0 Å². The fourth-order valence-corrected chi connectivity index (χ4v) is 0.794. The minimum atomic E-state index is 0.512. The number of rotatable bonds is 1. The smallest absolute Gasteiger partial charge is 0.159 e. The molecule has 0 amide bonds. The molecule has 1 nitrogen and oxygen atoms in total. The molecule has 9 heavy (non-hydrogen) atoms. The van der Waals surface area contributed by atoms with E-state index in [0.29, 0.717) is 5.57 Å². The van der Waals surface area contributed by atoms with E-state index in [9.17, 15) is 4.79 Å². The monoisotopic (exact) mass is 182 g/mol. The number of hydrogen-bond donors (Lipinski definition) is 0. The summed E-state index contributed by atoms with van der Waals surface area (Å²) in [5.74, 6) is 0. The van der Waals surface area contributed by atoms with E-state index < -0.39 is 0 Å².